The molecule has 4 heteroatoms. The predicted octanol–water partition coefficient (Wildman–Crippen LogP) is 14.2. The standard InChI is InChI=1S/C58H44N4/c59-36-38-22-24-41(25-23-38)46-26-28-52(50-20-9-7-18-48(46)50)57-32-39-30-40(33-57)35-58(34-39,37-57)53-29-27-47(49-19-8-10-21-51(49)53)44-16-11-17-45(31-44)56-61-54(42-12-3-1-4-13-42)60-55(62-56)43-14-5-2-6-15-43/h1-29,31,39-40H,30,32-35,37H2. The van der Waals surface area contributed by atoms with Crippen molar-refractivity contribution in [1.82, 2.24) is 15.0 Å². The van der Waals surface area contributed by atoms with Gasteiger partial charge in [0.25, 0.3) is 0 Å². The van der Waals surface area contributed by atoms with Gasteiger partial charge in [0.15, 0.2) is 17.5 Å². The summed E-state index contributed by atoms with van der Waals surface area (Å²) in [4.78, 5) is 15.1. The van der Waals surface area contributed by atoms with Crippen molar-refractivity contribution >= 4 is 21.5 Å². The Balaban J connectivity index is 0.945. The van der Waals surface area contributed by atoms with Crippen molar-refractivity contribution < 1.29 is 0 Å². The van der Waals surface area contributed by atoms with Gasteiger partial charge >= 0.3 is 0 Å². The number of fused-ring (bicyclic) bond motifs is 2. The summed E-state index contributed by atoms with van der Waals surface area (Å²) < 4.78 is 0. The minimum absolute atomic E-state index is 0.115. The topological polar surface area (TPSA) is 62.5 Å². The van der Waals surface area contributed by atoms with E-state index in [2.05, 4.69) is 140 Å². The average molecular weight is 797 g/mol. The molecule has 4 saturated carbocycles. The molecule has 4 fully saturated rings. The van der Waals surface area contributed by atoms with E-state index in [9.17, 15) is 5.26 Å². The van der Waals surface area contributed by atoms with Crippen LogP contribution in [0.3, 0.4) is 0 Å². The molecule has 9 aromatic rings. The molecule has 0 aliphatic heterocycles. The number of hydrogen-bond donors (Lipinski definition) is 0. The van der Waals surface area contributed by atoms with E-state index < -0.39 is 0 Å². The summed E-state index contributed by atoms with van der Waals surface area (Å²) in [6.07, 6.45) is 7.59. The van der Waals surface area contributed by atoms with Crippen molar-refractivity contribution in [3.05, 3.63) is 199 Å². The summed E-state index contributed by atoms with van der Waals surface area (Å²) in [7, 11) is 0. The zero-order valence-electron chi connectivity index (χ0n) is 34.5. The summed E-state index contributed by atoms with van der Waals surface area (Å²) in [5.41, 5.74) is 11.7. The highest BCUT2D eigenvalue weighted by molar-refractivity contribution is 6.01. The van der Waals surface area contributed by atoms with Crippen molar-refractivity contribution in [3.63, 3.8) is 0 Å². The predicted molar refractivity (Wildman–Crippen MR) is 251 cm³/mol. The number of nitrogens with zero attached hydrogens (tertiary/aromatic N) is 4. The highest BCUT2D eigenvalue weighted by atomic mass is 15.0. The molecule has 2 unspecified atom stereocenters. The number of hydrogen-bond acceptors (Lipinski definition) is 4. The van der Waals surface area contributed by atoms with Gasteiger partial charge in [-0.2, -0.15) is 5.26 Å². The molecule has 4 bridgehead atoms. The van der Waals surface area contributed by atoms with Gasteiger partial charge in [-0.3, -0.25) is 0 Å². The van der Waals surface area contributed by atoms with Gasteiger partial charge in [-0.05, 0) is 134 Å². The van der Waals surface area contributed by atoms with Gasteiger partial charge in [0.2, 0.25) is 0 Å². The molecule has 8 aromatic carbocycles. The van der Waals surface area contributed by atoms with Crippen LogP contribution in [0.1, 0.15) is 55.2 Å². The first-order valence-corrected chi connectivity index (χ1v) is 22.1. The van der Waals surface area contributed by atoms with E-state index in [1.807, 2.05) is 48.5 Å². The van der Waals surface area contributed by atoms with Crippen LogP contribution in [0.15, 0.2) is 182 Å². The lowest BCUT2D eigenvalue weighted by Crippen LogP contribution is -2.56. The fourth-order valence-electron chi connectivity index (χ4n) is 12.4. The molecule has 296 valence electrons. The Morgan fingerprint density at radius 1 is 0.403 bits per heavy atom. The van der Waals surface area contributed by atoms with E-state index in [-0.39, 0.29) is 10.8 Å². The monoisotopic (exact) mass is 796 g/mol. The largest absolute Gasteiger partial charge is 0.208 e. The molecule has 0 N–H and O–H groups in total. The van der Waals surface area contributed by atoms with Crippen LogP contribution in [-0.4, -0.2) is 15.0 Å². The van der Waals surface area contributed by atoms with Crippen LogP contribution in [-0.2, 0) is 10.8 Å². The second-order valence-electron chi connectivity index (χ2n) is 18.2. The van der Waals surface area contributed by atoms with E-state index in [0.717, 1.165) is 27.8 Å². The maximum Gasteiger partial charge on any atom is 0.164 e. The molecule has 0 amide bonds. The molecule has 0 spiro atoms. The first kappa shape index (κ1) is 36.6. The van der Waals surface area contributed by atoms with Crippen molar-refractivity contribution in [2.24, 2.45) is 11.8 Å². The molecule has 4 nitrogen and oxygen atoms in total. The zero-order chi connectivity index (χ0) is 41.3. The van der Waals surface area contributed by atoms with E-state index in [0.29, 0.717) is 34.9 Å². The average Bonchev–Trinajstić information content (AvgIpc) is 3.33. The van der Waals surface area contributed by atoms with Crippen LogP contribution >= 0.6 is 0 Å². The minimum atomic E-state index is 0.115. The SMILES string of the molecule is N#Cc1ccc(-c2ccc(C34CC5CC(C3)CC(c3ccc(-c6cccc(-c7nc(-c8ccccc8)nc(-c8ccccc8)n7)c6)c6ccccc36)(C5)C4)c3ccccc23)cc1. The molecule has 0 radical (unpaired) electrons. The fraction of sp³-hybridized carbons (Fsp3) is 0.172. The van der Waals surface area contributed by atoms with Crippen LogP contribution in [0.25, 0.3) is 78.0 Å². The molecule has 13 rings (SSSR count). The summed E-state index contributed by atoms with van der Waals surface area (Å²) in [5, 5.41) is 14.8. The zero-order valence-corrected chi connectivity index (χ0v) is 34.5. The minimum Gasteiger partial charge on any atom is -0.208 e. The second kappa shape index (κ2) is 14.5. The van der Waals surface area contributed by atoms with Crippen LogP contribution < -0.4 is 0 Å². The van der Waals surface area contributed by atoms with Gasteiger partial charge in [0.1, 0.15) is 0 Å². The quantitative estimate of drug-likeness (QED) is 0.161. The van der Waals surface area contributed by atoms with Gasteiger partial charge in [0.05, 0.1) is 11.6 Å². The molecular weight excluding hydrogens is 753 g/mol. The molecule has 4 aliphatic rings. The van der Waals surface area contributed by atoms with Crippen molar-refractivity contribution in [3.8, 4) is 62.5 Å². The fourth-order valence-corrected chi connectivity index (χ4v) is 12.4. The molecule has 62 heavy (non-hydrogen) atoms. The Kier molecular flexibility index (Phi) is 8.54. The van der Waals surface area contributed by atoms with Crippen molar-refractivity contribution in [1.29, 1.82) is 5.26 Å². The lowest BCUT2D eigenvalue weighted by atomic mass is 9.41. The van der Waals surface area contributed by atoms with E-state index in [1.165, 1.54) is 82.3 Å². The van der Waals surface area contributed by atoms with Gasteiger partial charge in [-0.15, -0.1) is 0 Å². The van der Waals surface area contributed by atoms with Gasteiger partial charge in [-0.1, -0.05) is 164 Å². The third-order valence-corrected chi connectivity index (χ3v) is 14.5. The summed E-state index contributed by atoms with van der Waals surface area (Å²) >= 11 is 0. The Bertz CT molecular complexity index is 3150. The Morgan fingerprint density at radius 3 is 1.35 bits per heavy atom. The first-order chi connectivity index (χ1) is 30.5. The maximum atomic E-state index is 9.46. The normalized spacial score (nSPS) is 21.3. The van der Waals surface area contributed by atoms with E-state index in [4.69, 9.17) is 15.0 Å². The molecule has 4 aliphatic carbocycles. The lowest BCUT2D eigenvalue weighted by Gasteiger charge is -2.63. The summed E-state index contributed by atoms with van der Waals surface area (Å²) in [6.45, 7) is 0. The Morgan fingerprint density at radius 2 is 0.839 bits per heavy atom. The smallest absolute Gasteiger partial charge is 0.164 e. The Labute approximate surface area is 362 Å². The van der Waals surface area contributed by atoms with E-state index >= 15 is 0 Å². The molecule has 1 aromatic heterocycles. The number of rotatable bonds is 7. The number of benzene rings is 8. The van der Waals surface area contributed by atoms with Crippen LogP contribution in [0.4, 0.5) is 0 Å². The van der Waals surface area contributed by atoms with Crippen molar-refractivity contribution in [2.75, 3.05) is 0 Å². The highest BCUT2D eigenvalue weighted by Gasteiger charge is 2.59. The Hall–Kier alpha value is -7.22. The first-order valence-electron chi connectivity index (χ1n) is 22.1. The van der Waals surface area contributed by atoms with Gasteiger partial charge in [-0.25, -0.2) is 15.0 Å². The van der Waals surface area contributed by atoms with Crippen LogP contribution in [0.5, 0.6) is 0 Å². The van der Waals surface area contributed by atoms with Gasteiger partial charge < -0.3 is 0 Å². The molecule has 0 saturated heterocycles. The third-order valence-electron chi connectivity index (χ3n) is 14.5. The van der Waals surface area contributed by atoms with Crippen molar-refractivity contribution in [2.45, 2.75) is 49.4 Å². The highest BCUT2D eigenvalue weighted by Crippen LogP contribution is 2.67. The molecule has 1 heterocycles. The number of aromatic nitrogens is 3. The van der Waals surface area contributed by atoms with Gasteiger partial charge in [0, 0.05) is 16.7 Å². The van der Waals surface area contributed by atoms with E-state index in [1.54, 1.807) is 0 Å². The maximum absolute atomic E-state index is 9.46. The third kappa shape index (κ3) is 6.06. The number of nitriles is 1. The molecular formula is C58H44N4. The van der Waals surface area contributed by atoms with Crippen LogP contribution in [0, 0.1) is 23.2 Å². The summed E-state index contributed by atoms with van der Waals surface area (Å²) in [6, 6.07) is 67.4. The van der Waals surface area contributed by atoms with Crippen LogP contribution in [0.2, 0.25) is 0 Å². The molecule has 2 atom stereocenters. The second-order valence-corrected chi connectivity index (χ2v) is 18.2. The summed E-state index contributed by atoms with van der Waals surface area (Å²) in [5.74, 6) is 3.42. The lowest BCUT2D eigenvalue weighted by molar-refractivity contribution is -0.0268.